The molecule has 2 aliphatic rings. The van der Waals surface area contributed by atoms with Gasteiger partial charge in [0.1, 0.15) is 0 Å². The van der Waals surface area contributed by atoms with Gasteiger partial charge in [0.15, 0.2) is 0 Å². The summed E-state index contributed by atoms with van der Waals surface area (Å²) in [6.07, 6.45) is 12.8. The Hall–Kier alpha value is -0.860. The van der Waals surface area contributed by atoms with Crippen molar-refractivity contribution in [1.82, 2.24) is 10.6 Å². The predicted molar refractivity (Wildman–Crippen MR) is 50.7 cm³/mol. The normalized spacial score (nSPS) is 34.0. The molecule has 12 heavy (non-hydrogen) atoms. The van der Waals surface area contributed by atoms with Crippen LogP contribution in [0, 0.1) is 5.92 Å². The third-order valence-corrected chi connectivity index (χ3v) is 2.31. The van der Waals surface area contributed by atoms with E-state index in [0.29, 0.717) is 12.0 Å². The highest BCUT2D eigenvalue weighted by molar-refractivity contribution is 5.19. The van der Waals surface area contributed by atoms with Crippen molar-refractivity contribution >= 4 is 0 Å². The molecule has 0 amide bonds. The van der Waals surface area contributed by atoms with E-state index in [1.165, 1.54) is 0 Å². The Balaban J connectivity index is 2.15. The molecule has 1 aliphatic heterocycles. The number of hydrogen-bond donors (Lipinski definition) is 2. The van der Waals surface area contributed by atoms with E-state index in [0.717, 1.165) is 13.2 Å². The number of nitrogens with one attached hydrogen (secondary N) is 2. The second-order valence-corrected chi connectivity index (χ2v) is 3.18. The molecule has 1 saturated heterocycles. The Labute approximate surface area is 73.0 Å². The van der Waals surface area contributed by atoms with E-state index in [1.807, 2.05) is 0 Å². The fourth-order valence-electron chi connectivity index (χ4n) is 1.62. The van der Waals surface area contributed by atoms with Gasteiger partial charge in [-0.05, 0) is 0 Å². The zero-order valence-electron chi connectivity index (χ0n) is 7.03. The van der Waals surface area contributed by atoms with E-state index in [2.05, 4.69) is 47.1 Å². The molecule has 0 bridgehead atoms. The average Bonchev–Trinajstić information content (AvgIpc) is 2.06. The van der Waals surface area contributed by atoms with Crippen LogP contribution in [0.1, 0.15) is 0 Å². The largest absolute Gasteiger partial charge is 0.304 e. The van der Waals surface area contributed by atoms with E-state index in [9.17, 15) is 0 Å². The Kier molecular flexibility index (Phi) is 2.39. The van der Waals surface area contributed by atoms with Crippen LogP contribution in [-0.2, 0) is 0 Å². The van der Waals surface area contributed by atoms with Crippen molar-refractivity contribution in [1.29, 1.82) is 0 Å². The van der Waals surface area contributed by atoms with E-state index >= 15 is 0 Å². The molecule has 0 radical (unpaired) electrons. The topological polar surface area (TPSA) is 24.1 Å². The third kappa shape index (κ3) is 1.65. The summed E-state index contributed by atoms with van der Waals surface area (Å²) < 4.78 is 0. The van der Waals surface area contributed by atoms with Gasteiger partial charge in [-0.1, -0.05) is 36.5 Å². The quantitative estimate of drug-likeness (QED) is 0.550. The van der Waals surface area contributed by atoms with Crippen LogP contribution in [0.3, 0.4) is 0 Å². The Morgan fingerprint density at radius 2 is 1.83 bits per heavy atom. The highest BCUT2D eigenvalue weighted by Crippen LogP contribution is 2.11. The molecule has 0 aromatic carbocycles. The van der Waals surface area contributed by atoms with E-state index in [1.54, 1.807) is 0 Å². The van der Waals surface area contributed by atoms with Gasteiger partial charge in [0.25, 0.3) is 0 Å². The molecule has 2 rings (SSSR count). The van der Waals surface area contributed by atoms with Gasteiger partial charge in [0, 0.05) is 25.2 Å². The number of allylic oxidation sites excluding steroid dienone is 4. The van der Waals surface area contributed by atoms with Gasteiger partial charge in [-0.3, -0.25) is 5.32 Å². The minimum atomic E-state index is 0.507. The summed E-state index contributed by atoms with van der Waals surface area (Å²) in [5.41, 5.74) is 0. The molecule has 0 spiro atoms. The van der Waals surface area contributed by atoms with Crippen LogP contribution in [0.5, 0.6) is 0 Å². The molecule has 0 aromatic heterocycles. The summed E-state index contributed by atoms with van der Waals surface area (Å²) in [4.78, 5) is 0. The highest BCUT2D eigenvalue weighted by Gasteiger charge is 2.19. The van der Waals surface area contributed by atoms with E-state index < -0.39 is 0 Å². The summed E-state index contributed by atoms with van der Waals surface area (Å²) in [6, 6.07) is 0.507. The molecule has 1 aliphatic carbocycles. The Morgan fingerprint density at radius 1 is 1.00 bits per heavy atom. The monoisotopic (exact) mass is 162 g/mol. The van der Waals surface area contributed by atoms with Crippen molar-refractivity contribution in [2.75, 3.05) is 13.2 Å². The minimum Gasteiger partial charge on any atom is -0.304 e. The molecule has 2 nitrogen and oxygen atoms in total. The van der Waals surface area contributed by atoms with E-state index in [-0.39, 0.29) is 0 Å². The van der Waals surface area contributed by atoms with Gasteiger partial charge < -0.3 is 5.32 Å². The molecular formula is C10H14N2. The van der Waals surface area contributed by atoms with Gasteiger partial charge in [-0.2, -0.15) is 0 Å². The van der Waals surface area contributed by atoms with Crippen LogP contribution in [0.4, 0.5) is 0 Å². The number of rotatable bonds is 0. The fourth-order valence-corrected chi connectivity index (χ4v) is 1.62. The number of fused-ring (bicyclic) bond motifs is 1. The van der Waals surface area contributed by atoms with Crippen LogP contribution in [-0.4, -0.2) is 19.3 Å². The van der Waals surface area contributed by atoms with Gasteiger partial charge in [-0.25, -0.2) is 0 Å². The van der Waals surface area contributed by atoms with E-state index in [4.69, 9.17) is 0 Å². The lowest BCUT2D eigenvalue weighted by molar-refractivity contribution is 0.367. The lowest BCUT2D eigenvalue weighted by atomic mass is 9.96. The molecule has 2 atom stereocenters. The zero-order valence-corrected chi connectivity index (χ0v) is 7.03. The van der Waals surface area contributed by atoms with Crippen molar-refractivity contribution in [3.8, 4) is 0 Å². The second-order valence-electron chi connectivity index (χ2n) is 3.18. The van der Waals surface area contributed by atoms with Gasteiger partial charge >= 0.3 is 0 Å². The third-order valence-electron chi connectivity index (χ3n) is 2.31. The molecular weight excluding hydrogens is 148 g/mol. The lowest BCUT2D eigenvalue weighted by Crippen LogP contribution is -2.49. The SMILES string of the molecule is C1=CC=CC2NCNCC2C=C1. The van der Waals surface area contributed by atoms with Gasteiger partial charge in [0.2, 0.25) is 0 Å². The van der Waals surface area contributed by atoms with Gasteiger partial charge in [-0.15, -0.1) is 0 Å². The maximum absolute atomic E-state index is 3.41. The first kappa shape index (κ1) is 7.77. The van der Waals surface area contributed by atoms with Crippen LogP contribution >= 0.6 is 0 Å². The molecule has 1 fully saturated rings. The first-order valence-corrected chi connectivity index (χ1v) is 4.42. The molecule has 2 unspecified atom stereocenters. The highest BCUT2D eigenvalue weighted by atomic mass is 15.1. The first-order chi connectivity index (χ1) is 5.97. The van der Waals surface area contributed by atoms with Crippen molar-refractivity contribution in [3.63, 3.8) is 0 Å². The maximum Gasteiger partial charge on any atom is 0.0459 e. The lowest BCUT2D eigenvalue weighted by Gasteiger charge is -2.29. The molecule has 0 aromatic rings. The summed E-state index contributed by atoms with van der Waals surface area (Å²) in [5, 5.41) is 6.72. The smallest absolute Gasteiger partial charge is 0.0459 e. The average molecular weight is 162 g/mol. The zero-order chi connectivity index (χ0) is 8.23. The van der Waals surface area contributed by atoms with Crippen molar-refractivity contribution < 1.29 is 0 Å². The molecule has 0 saturated carbocycles. The molecule has 2 N–H and O–H groups in total. The first-order valence-electron chi connectivity index (χ1n) is 4.42. The standard InChI is InChI=1S/C10H14N2/c1-2-4-6-10-9(5-3-1)7-11-8-12-10/h1-6,9-12H,7-8H2. The predicted octanol–water partition coefficient (Wildman–Crippen LogP) is 0.804. The van der Waals surface area contributed by atoms with Crippen LogP contribution in [0.15, 0.2) is 36.5 Å². The summed E-state index contributed by atoms with van der Waals surface area (Å²) in [7, 11) is 0. The Morgan fingerprint density at radius 3 is 2.75 bits per heavy atom. The van der Waals surface area contributed by atoms with Crippen molar-refractivity contribution in [2.24, 2.45) is 5.92 Å². The second kappa shape index (κ2) is 3.70. The van der Waals surface area contributed by atoms with Gasteiger partial charge in [0.05, 0.1) is 0 Å². The van der Waals surface area contributed by atoms with Crippen molar-refractivity contribution in [2.45, 2.75) is 6.04 Å². The summed E-state index contributed by atoms with van der Waals surface area (Å²) >= 11 is 0. The summed E-state index contributed by atoms with van der Waals surface area (Å²) in [6.45, 7) is 2.00. The molecule has 1 heterocycles. The summed E-state index contributed by atoms with van der Waals surface area (Å²) in [5.74, 6) is 0.597. The molecule has 64 valence electrons. The van der Waals surface area contributed by atoms with Crippen LogP contribution < -0.4 is 10.6 Å². The number of hydrogen-bond acceptors (Lipinski definition) is 2. The molecule has 2 heteroatoms. The fraction of sp³-hybridized carbons (Fsp3) is 0.400. The minimum absolute atomic E-state index is 0.507. The maximum atomic E-state index is 3.41. The van der Waals surface area contributed by atoms with Crippen molar-refractivity contribution in [3.05, 3.63) is 36.5 Å². The Bertz CT molecular complexity index is 204. The van der Waals surface area contributed by atoms with Crippen LogP contribution in [0.25, 0.3) is 0 Å². The van der Waals surface area contributed by atoms with Crippen LogP contribution in [0.2, 0.25) is 0 Å².